The van der Waals surface area contributed by atoms with E-state index in [0.29, 0.717) is 0 Å². The van der Waals surface area contributed by atoms with Crippen LogP contribution in [0.25, 0.3) is 6.08 Å². The Morgan fingerprint density at radius 1 is 1.06 bits per heavy atom. The van der Waals surface area contributed by atoms with Crippen LogP contribution in [-0.4, -0.2) is 4.20 Å². The number of thiocarbonyl (C=S) groups is 1. The molecule has 2 aromatic rings. The number of hydrogen-bond acceptors (Lipinski definition) is 2. The molecule has 0 radical (unpaired) electrons. The van der Waals surface area contributed by atoms with Crippen LogP contribution in [0.4, 0.5) is 0 Å². The van der Waals surface area contributed by atoms with Gasteiger partial charge in [0, 0.05) is 5.75 Å². The van der Waals surface area contributed by atoms with Crippen molar-refractivity contribution in [1.82, 2.24) is 0 Å². The second-order valence-corrected chi connectivity index (χ2v) is 5.54. The van der Waals surface area contributed by atoms with Crippen LogP contribution in [0.2, 0.25) is 0 Å². The molecule has 2 heteroatoms. The van der Waals surface area contributed by atoms with Gasteiger partial charge in [0.05, 0.1) is 4.20 Å². The van der Waals surface area contributed by atoms with E-state index in [1.165, 1.54) is 5.56 Å². The third-order valence-electron chi connectivity index (χ3n) is 2.59. The lowest BCUT2D eigenvalue weighted by Gasteiger charge is -2.04. The zero-order chi connectivity index (χ0) is 12.8. The zero-order valence-electron chi connectivity index (χ0n) is 10.0. The summed E-state index contributed by atoms with van der Waals surface area (Å²) in [4.78, 5) is 0. The summed E-state index contributed by atoms with van der Waals surface area (Å²) in [6.45, 7) is 3.75. The van der Waals surface area contributed by atoms with Gasteiger partial charge in [-0.25, -0.2) is 0 Å². The van der Waals surface area contributed by atoms with Gasteiger partial charge in [-0.15, -0.1) is 11.8 Å². The summed E-state index contributed by atoms with van der Waals surface area (Å²) in [6, 6.07) is 18.5. The third kappa shape index (κ3) is 3.56. The van der Waals surface area contributed by atoms with Gasteiger partial charge in [-0.3, -0.25) is 0 Å². The van der Waals surface area contributed by atoms with Crippen molar-refractivity contribution in [1.29, 1.82) is 0 Å². The summed E-state index contributed by atoms with van der Waals surface area (Å²) in [5.41, 5.74) is 3.55. The van der Waals surface area contributed by atoms with Crippen molar-refractivity contribution >= 4 is 34.3 Å². The maximum Gasteiger partial charge on any atom is 0.0781 e. The molecule has 0 bridgehead atoms. The number of benzene rings is 2. The van der Waals surface area contributed by atoms with E-state index >= 15 is 0 Å². The van der Waals surface area contributed by atoms with Crippen LogP contribution in [0.3, 0.4) is 0 Å². The van der Waals surface area contributed by atoms with Crippen molar-refractivity contribution in [3.63, 3.8) is 0 Å². The molecule has 0 aliphatic heterocycles. The predicted molar refractivity (Wildman–Crippen MR) is 86.0 cm³/mol. The van der Waals surface area contributed by atoms with Crippen LogP contribution in [0.1, 0.15) is 16.7 Å². The molecule has 0 heterocycles. The molecule has 0 aliphatic carbocycles. The van der Waals surface area contributed by atoms with Gasteiger partial charge in [-0.2, -0.15) is 0 Å². The smallest absolute Gasteiger partial charge is 0.0781 e. The van der Waals surface area contributed by atoms with Gasteiger partial charge in [0.1, 0.15) is 0 Å². The molecule has 18 heavy (non-hydrogen) atoms. The average Bonchev–Trinajstić information content (AvgIpc) is 2.46. The third-order valence-corrected chi connectivity index (χ3v) is 4.16. The Kier molecular flexibility index (Phi) is 4.73. The first-order valence-electron chi connectivity index (χ1n) is 5.73. The minimum Gasteiger partial charge on any atom is -0.109 e. The van der Waals surface area contributed by atoms with Crippen LogP contribution in [0, 0.1) is 0 Å². The lowest BCUT2D eigenvalue weighted by atomic mass is 10.1. The summed E-state index contributed by atoms with van der Waals surface area (Å²) < 4.78 is 0.948. The van der Waals surface area contributed by atoms with E-state index < -0.39 is 0 Å². The lowest BCUT2D eigenvalue weighted by molar-refractivity contribution is 1.42. The highest BCUT2D eigenvalue weighted by Crippen LogP contribution is 2.19. The van der Waals surface area contributed by atoms with Crippen LogP contribution in [0.5, 0.6) is 0 Å². The quantitative estimate of drug-likeness (QED) is 0.722. The van der Waals surface area contributed by atoms with E-state index in [9.17, 15) is 0 Å². The molecule has 2 aromatic carbocycles. The highest BCUT2D eigenvalue weighted by atomic mass is 32.2. The monoisotopic (exact) mass is 270 g/mol. The summed E-state index contributed by atoms with van der Waals surface area (Å²) >= 11 is 7.12. The van der Waals surface area contributed by atoms with E-state index in [2.05, 4.69) is 43.0 Å². The van der Waals surface area contributed by atoms with Gasteiger partial charge < -0.3 is 0 Å². The highest BCUT2D eigenvalue weighted by molar-refractivity contribution is 8.23. The maximum atomic E-state index is 5.42. The Morgan fingerprint density at radius 2 is 1.72 bits per heavy atom. The Hall–Kier alpha value is -1.38. The Labute approximate surface area is 118 Å². The molecular weight excluding hydrogens is 256 g/mol. The Balaban J connectivity index is 1.95. The molecule has 0 fully saturated rings. The Bertz CT molecular complexity index is 527. The lowest BCUT2D eigenvalue weighted by Crippen LogP contribution is -1.92. The molecule has 0 nitrogen and oxygen atoms in total. The predicted octanol–water partition coefficient (Wildman–Crippen LogP) is 4.94. The van der Waals surface area contributed by atoms with Crippen molar-refractivity contribution in [3.8, 4) is 0 Å². The number of rotatable bonds is 4. The van der Waals surface area contributed by atoms with Crippen LogP contribution >= 0.6 is 24.0 Å². The van der Waals surface area contributed by atoms with E-state index in [1.807, 2.05) is 24.3 Å². The average molecular weight is 270 g/mol. The van der Waals surface area contributed by atoms with E-state index in [4.69, 9.17) is 12.2 Å². The molecule has 0 aromatic heterocycles. The maximum absolute atomic E-state index is 5.42. The first kappa shape index (κ1) is 13.1. The first-order chi connectivity index (χ1) is 8.79. The number of hydrogen-bond donors (Lipinski definition) is 0. The topological polar surface area (TPSA) is 0 Å². The van der Waals surface area contributed by atoms with Gasteiger partial charge in [0.2, 0.25) is 0 Å². The summed E-state index contributed by atoms with van der Waals surface area (Å²) in [5, 5.41) is 0. The van der Waals surface area contributed by atoms with Crippen LogP contribution < -0.4 is 0 Å². The SMILES string of the molecule is C=Cc1ccc(CSC(=S)c2ccccc2)cc1. The summed E-state index contributed by atoms with van der Waals surface area (Å²) in [7, 11) is 0. The molecule has 90 valence electrons. The van der Waals surface area contributed by atoms with E-state index in [1.54, 1.807) is 11.8 Å². The molecule has 0 spiro atoms. The molecule has 0 N–H and O–H groups in total. The molecule has 0 aliphatic rings. The minimum absolute atomic E-state index is 0.908. The number of thioether (sulfide) groups is 1. The van der Waals surface area contributed by atoms with Gasteiger partial charge in [0.25, 0.3) is 0 Å². The van der Waals surface area contributed by atoms with E-state index in [-0.39, 0.29) is 0 Å². The molecule has 0 atom stereocenters. The first-order valence-corrected chi connectivity index (χ1v) is 7.12. The molecule has 0 unspecified atom stereocenters. The van der Waals surface area contributed by atoms with E-state index in [0.717, 1.165) is 21.1 Å². The van der Waals surface area contributed by atoms with Crippen molar-refractivity contribution < 1.29 is 0 Å². The molecule has 2 rings (SSSR count). The Morgan fingerprint density at radius 3 is 2.33 bits per heavy atom. The molecule has 0 saturated heterocycles. The minimum atomic E-state index is 0.908. The highest BCUT2D eigenvalue weighted by Gasteiger charge is 2.01. The van der Waals surface area contributed by atoms with Crippen LogP contribution in [-0.2, 0) is 5.75 Å². The van der Waals surface area contributed by atoms with Crippen molar-refractivity contribution in [2.45, 2.75) is 5.75 Å². The van der Waals surface area contributed by atoms with Crippen molar-refractivity contribution in [3.05, 3.63) is 77.9 Å². The second-order valence-electron chi connectivity index (χ2n) is 3.89. The van der Waals surface area contributed by atoms with Gasteiger partial charge >= 0.3 is 0 Å². The molecular formula is C16H14S2. The fraction of sp³-hybridized carbons (Fsp3) is 0.0625. The fourth-order valence-corrected chi connectivity index (χ4v) is 2.66. The van der Waals surface area contributed by atoms with Crippen LogP contribution in [0.15, 0.2) is 61.2 Å². The van der Waals surface area contributed by atoms with Crippen molar-refractivity contribution in [2.75, 3.05) is 0 Å². The summed E-state index contributed by atoms with van der Waals surface area (Å²) in [6.07, 6.45) is 1.85. The summed E-state index contributed by atoms with van der Waals surface area (Å²) in [5.74, 6) is 0.908. The zero-order valence-corrected chi connectivity index (χ0v) is 11.6. The largest absolute Gasteiger partial charge is 0.109 e. The molecule has 0 amide bonds. The van der Waals surface area contributed by atoms with Gasteiger partial charge in [-0.1, -0.05) is 79.5 Å². The standard InChI is InChI=1S/C16H14S2/c1-2-13-8-10-14(11-9-13)12-18-16(17)15-6-4-3-5-7-15/h2-11H,1,12H2. The van der Waals surface area contributed by atoms with Gasteiger partial charge in [0.15, 0.2) is 0 Å². The second kappa shape index (κ2) is 6.53. The normalized spacial score (nSPS) is 10.0. The molecule has 0 saturated carbocycles. The van der Waals surface area contributed by atoms with Gasteiger partial charge in [-0.05, 0) is 16.7 Å². The van der Waals surface area contributed by atoms with Crippen molar-refractivity contribution in [2.24, 2.45) is 0 Å². The fourth-order valence-electron chi connectivity index (χ4n) is 1.56.